The van der Waals surface area contributed by atoms with Crippen molar-refractivity contribution < 1.29 is 13.6 Å². The highest BCUT2D eigenvalue weighted by atomic mass is 19.1. The lowest BCUT2D eigenvalue weighted by atomic mass is 9.97. The molecule has 0 saturated carbocycles. The SMILES string of the molecule is CN1CCC(c2nc(C(=O)Cc3ncc4ccc(-c5cncc(F)c5)cc4n3)co2)CC1. The first-order chi connectivity index (χ1) is 15.5. The maximum atomic E-state index is 13.5. The lowest BCUT2D eigenvalue weighted by Crippen LogP contribution is -2.29. The van der Waals surface area contributed by atoms with E-state index in [1.807, 2.05) is 18.2 Å². The van der Waals surface area contributed by atoms with Crippen LogP contribution in [0.15, 0.2) is 53.5 Å². The van der Waals surface area contributed by atoms with Gasteiger partial charge in [-0.2, -0.15) is 0 Å². The number of likely N-dealkylation sites (tertiary alicyclic amines) is 1. The monoisotopic (exact) mass is 431 g/mol. The van der Waals surface area contributed by atoms with Crippen molar-refractivity contribution in [2.75, 3.05) is 20.1 Å². The number of Topliss-reactive ketones (excluding diaryl/α,β-unsaturated/α-hetero) is 1. The molecule has 7 nitrogen and oxygen atoms in total. The van der Waals surface area contributed by atoms with Crippen LogP contribution in [0.3, 0.4) is 0 Å². The number of hydrogen-bond donors (Lipinski definition) is 0. The molecule has 0 N–H and O–H groups in total. The molecule has 4 aromatic rings. The van der Waals surface area contributed by atoms with Gasteiger partial charge < -0.3 is 9.32 Å². The number of carbonyl (C=O) groups excluding carboxylic acids is 1. The number of benzene rings is 1. The highest BCUT2D eigenvalue weighted by Crippen LogP contribution is 2.27. The number of aromatic nitrogens is 4. The maximum Gasteiger partial charge on any atom is 0.197 e. The second-order valence-corrected chi connectivity index (χ2v) is 8.20. The molecule has 0 amide bonds. The molecule has 5 rings (SSSR count). The summed E-state index contributed by atoms with van der Waals surface area (Å²) in [5.74, 6) is 0.706. The average molecular weight is 431 g/mol. The molecule has 8 heteroatoms. The number of halogens is 1. The van der Waals surface area contributed by atoms with E-state index in [9.17, 15) is 9.18 Å². The summed E-state index contributed by atoms with van der Waals surface area (Å²) >= 11 is 0. The van der Waals surface area contributed by atoms with Crippen molar-refractivity contribution in [2.45, 2.75) is 25.2 Å². The lowest BCUT2D eigenvalue weighted by molar-refractivity contribution is 0.0986. The van der Waals surface area contributed by atoms with Crippen LogP contribution < -0.4 is 0 Å². The Morgan fingerprint density at radius 1 is 1.12 bits per heavy atom. The fourth-order valence-electron chi connectivity index (χ4n) is 3.99. The Balaban J connectivity index is 1.34. The van der Waals surface area contributed by atoms with Crippen LogP contribution in [0.25, 0.3) is 22.0 Å². The van der Waals surface area contributed by atoms with E-state index in [1.165, 1.54) is 18.5 Å². The summed E-state index contributed by atoms with van der Waals surface area (Å²) in [6.07, 6.45) is 7.86. The molecular weight excluding hydrogens is 409 g/mol. The van der Waals surface area contributed by atoms with Crippen LogP contribution in [0.4, 0.5) is 4.39 Å². The van der Waals surface area contributed by atoms with Crippen LogP contribution >= 0.6 is 0 Å². The molecule has 0 aliphatic carbocycles. The van der Waals surface area contributed by atoms with Gasteiger partial charge in [0.1, 0.15) is 23.6 Å². The number of hydrogen-bond acceptors (Lipinski definition) is 7. The van der Waals surface area contributed by atoms with Crippen LogP contribution in [-0.2, 0) is 6.42 Å². The minimum atomic E-state index is -0.399. The number of fused-ring (bicyclic) bond motifs is 1. The van der Waals surface area contributed by atoms with Gasteiger partial charge in [0.05, 0.1) is 18.1 Å². The number of rotatable bonds is 5. The van der Waals surface area contributed by atoms with Crippen LogP contribution in [0.5, 0.6) is 0 Å². The second-order valence-electron chi connectivity index (χ2n) is 8.20. The molecule has 1 aliphatic heterocycles. The molecule has 0 atom stereocenters. The molecule has 1 aromatic carbocycles. The Morgan fingerprint density at radius 3 is 2.78 bits per heavy atom. The predicted molar refractivity (Wildman–Crippen MR) is 117 cm³/mol. The van der Waals surface area contributed by atoms with Crippen LogP contribution in [0.1, 0.15) is 41.0 Å². The number of ketones is 1. The van der Waals surface area contributed by atoms with Crippen LogP contribution in [-0.4, -0.2) is 50.8 Å². The van der Waals surface area contributed by atoms with Gasteiger partial charge in [-0.3, -0.25) is 9.78 Å². The van der Waals surface area contributed by atoms with Crippen LogP contribution in [0, 0.1) is 5.82 Å². The molecular formula is C24H22FN5O2. The van der Waals surface area contributed by atoms with E-state index in [4.69, 9.17) is 4.42 Å². The van der Waals surface area contributed by atoms with E-state index >= 15 is 0 Å². The minimum absolute atomic E-state index is 0.0288. The molecule has 1 aliphatic rings. The summed E-state index contributed by atoms with van der Waals surface area (Å²) in [7, 11) is 2.10. The number of carbonyl (C=O) groups is 1. The van der Waals surface area contributed by atoms with Gasteiger partial charge in [0.25, 0.3) is 0 Å². The Morgan fingerprint density at radius 2 is 1.97 bits per heavy atom. The zero-order chi connectivity index (χ0) is 22.1. The first-order valence-electron chi connectivity index (χ1n) is 10.6. The van der Waals surface area contributed by atoms with E-state index in [0.29, 0.717) is 28.5 Å². The van der Waals surface area contributed by atoms with Crippen LogP contribution in [0.2, 0.25) is 0 Å². The lowest BCUT2D eigenvalue weighted by Gasteiger charge is -2.26. The Hall–Kier alpha value is -3.52. The van der Waals surface area contributed by atoms with E-state index < -0.39 is 5.82 Å². The molecule has 1 saturated heterocycles. The molecule has 32 heavy (non-hydrogen) atoms. The van der Waals surface area contributed by atoms with Crippen molar-refractivity contribution >= 4 is 16.7 Å². The average Bonchev–Trinajstić information content (AvgIpc) is 3.30. The summed E-state index contributed by atoms with van der Waals surface area (Å²) in [5, 5.41) is 0.834. The zero-order valence-electron chi connectivity index (χ0n) is 17.7. The minimum Gasteiger partial charge on any atom is -0.448 e. The number of nitrogens with zero attached hydrogens (tertiary/aromatic N) is 5. The molecule has 162 valence electrons. The van der Waals surface area contributed by atoms with Gasteiger partial charge in [-0.05, 0) is 50.7 Å². The van der Waals surface area contributed by atoms with Gasteiger partial charge in [0.15, 0.2) is 11.7 Å². The summed E-state index contributed by atoms with van der Waals surface area (Å²) in [6, 6.07) is 7.00. The van der Waals surface area contributed by atoms with Gasteiger partial charge >= 0.3 is 0 Å². The largest absolute Gasteiger partial charge is 0.448 e. The highest BCUT2D eigenvalue weighted by Gasteiger charge is 2.24. The van der Waals surface area contributed by atoms with Gasteiger partial charge in [-0.25, -0.2) is 19.3 Å². The van der Waals surface area contributed by atoms with Gasteiger partial charge in [-0.15, -0.1) is 0 Å². The number of piperidine rings is 1. The van der Waals surface area contributed by atoms with Crippen molar-refractivity contribution in [3.05, 3.63) is 72.3 Å². The maximum absolute atomic E-state index is 13.5. The third-order valence-electron chi connectivity index (χ3n) is 5.86. The molecule has 0 spiro atoms. The predicted octanol–water partition coefficient (Wildman–Crippen LogP) is 4.05. The van der Waals surface area contributed by atoms with Crippen molar-refractivity contribution in [1.29, 1.82) is 0 Å². The Kier molecular flexibility index (Phi) is 5.45. The summed E-state index contributed by atoms with van der Waals surface area (Å²) in [4.78, 5) is 32.3. The van der Waals surface area contributed by atoms with Crippen molar-refractivity contribution in [2.24, 2.45) is 0 Å². The third-order valence-corrected chi connectivity index (χ3v) is 5.86. The van der Waals surface area contributed by atoms with E-state index in [0.717, 1.165) is 36.9 Å². The smallest absolute Gasteiger partial charge is 0.197 e. The van der Waals surface area contributed by atoms with Crippen molar-refractivity contribution in [3.8, 4) is 11.1 Å². The number of oxazole rings is 1. The summed E-state index contributed by atoms with van der Waals surface area (Å²) < 4.78 is 19.1. The van der Waals surface area contributed by atoms with Crippen molar-refractivity contribution in [3.63, 3.8) is 0 Å². The number of pyridine rings is 1. The fraction of sp³-hybridized carbons (Fsp3) is 0.292. The molecule has 0 unspecified atom stereocenters. The molecule has 3 aromatic heterocycles. The molecule has 4 heterocycles. The topological polar surface area (TPSA) is 85.0 Å². The first-order valence-corrected chi connectivity index (χ1v) is 10.6. The molecule has 0 radical (unpaired) electrons. The third kappa shape index (κ3) is 4.27. The molecule has 0 bridgehead atoms. The standard InChI is InChI=1S/C24H22FN5O2/c1-30-6-4-15(5-7-30)24-29-21(14-32-24)22(31)10-23-27-12-17-3-2-16(9-20(17)28-23)18-8-19(25)13-26-11-18/h2-3,8-9,11-15H,4-7,10H2,1H3. The zero-order valence-corrected chi connectivity index (χ0v) is 17.7. The van der Waals surface area contributed by atoms with Gasteiger partial charge in [-0.1, -0.05) is 12.1 Å². The second kappa shape index (κ2) is 8.55. The quantitative estimate of drug-likeness (QED) is 0.441. The Labute approximate surface area is 184 Å². The van der Waals surface area contributed by atoms with E-state index in [1.54, 1.807) is 12.4 Å². The normalized spacial score (nSPS) is 15.3. The highest BCUT2D eigenvalue weighted by molar-refractivity contribution is 5.95. The first kappa shape index (κ1) is 20.4. The summed E-state index contributed by atoms with van der Waals surface area (Å²) in [6.45, 7) is 1.99. The van der Waals surface area contributed by atoms with Crippen molar-refractivity contribution in [1.82, 2.24) is 24.8 Å². The Bertz CT molecular complexity index is 1280. The van der Waals surface area contributed by atoms with Gasteiger partial charge in [0.2, 0.25) is 0 Å². The van der Waals surface area contributed by atoms with E-state index in [2.05, 4.69) is 31.9 Å². The summed E-state index contributed by atoms with van der Waals surface area (Å²) in [5.41, 5.74) is 2.44. The fourth-order valence-corrected chi connectivity index (χ4v) is 3.99. The van der Waals surface area contributed by atoms with E-state index in [-0.39, 0.29) is 18.1 Å². The molecule has 1 fully saturated rings. The van der Waals surface area contributed by atoms with Gasteiger partial charge in [0, 0.05) is 29.3 Å².